The highest BCUT2D eigenvalue weighted by atomic mass is 19.4. The highest BCUT2D eigenvalue weighted by molar-refractivity contribution is 5.84. The normalized spacial score (nSPS) is 22.5. The second kappa shape index (κ2) is 9.07. The minimum atomic E-state index is -4.19. The van der Waals surface area contributed by atoms with Crippen LogP contribution < -0.4 is 10.2 Å². The molecule has 1 aromatic rings. The fourth-order valence-electron chi connectivity index (χ4n) is 4.19. The third-order valence-electron chi connectivity index (χ3n) is 5.76. The van der Waals surface area contributed by atoms with Gasteiger partial charge in [-0.25, -0.2) is 5.43 Å². The summed E-state index contributed by atoms with van der Waals surface area (Å²) in [5.74, 6) is 0.482. The summed E-state index contributed by atoms with van der Waals surface area (Å²) >= 11 is 0. The summed E-state index contributed by atoms with van der Waals surface area (Å²) in [7, 11) is 0. The fraction of sp³-hybridized carbons (Fsp3) is 0.571. The van der Waals surface area contributed by atoms with E-state index in [-0.39, 0.29) is 29.7 Å². The molecule has 5 nitrogen and oxygen atoms in total. The lowest BCUT2D eigenvalue weighted by molar-refractivity contribution is -0.138. The number of rotatable bonds is 7. The minimum Gasteiger partial charge on any atom is -0.507 e. The van der Waals surface area contributed by atoms with Crippen molar-refractivity contribution in [3.05, 3.63) is 35.0 Å². The number of hydrogen-bond acceptors (Lipinski definition) is 5. The molecule has 0 spiro atoms. The van der Waals surface area contributed by atoms with Crippen LogP contribution in [0.25, 0.3) is 0 Å². The van der Waals surface area contributed by atoms with Crippen molar-refractivity contribution >= 4 is 6.29 Å². The van der Waals surface area contributed by atoms with E-state index in [9.17, 15) is 23.1 Å². The number of halogens is 3. The van der Waals surface area contributed by atoms with Crippen LogP contribution in [0.15, 0.2) is 23.9 Å². The maximum Gasteiger partial charge on any atom is 0.390 e. The topological polar surface area (TPSA) is 61.8 Å². The first-order valence-electron chi connectivity index (χ1n) is 9.98. The molecule has 1 aliphatic carbocycles. The van der Waals surface area contributed by atoms with Crippen LogP contribution in [0.2, 0.25) is 0 Å². The molecule has 3 rings (SSSR count). The summed E-state index contributed by atoms with van der Waals surface area (Å²) in [5.41, 5.74) is 4.66. The van der Waals surface area contributed by atoms with Crippen molar-refractivity contribution in [1.82, 2.24) is 10.4 Å². The molecule has 2 unspecified atom stereocenters. The number of phenolic OH excluding ortho intramolecular Hbond substituents is 1. The van der Waals surface area contributed by atoms with Gasteiger partial charge in [-0.05, 0) is 37.5 Å². The molecule has 8 heteroatoms. The van der Waals surface area contributed by atoms with Crippen molar-refractivity contribution in [3.8, 4) is 11.5 Å². The van der Waals surface area contributed by atoms with Crippen LogP contribution in [0, 0.1) is 18.8 Å². The van der Waals surface area contributed by atoms with E-state index in [1.165, 1.54) is 0 Å². The van der Waals surface area contributed by atoms with Crippen LogP contribution in [0.5, 0.6) is 11.5 Å². The molecule has 1 aromatic carbocycles. The maximum atomic E-state index is 12.7. The highest BCUT2D eigenvalue weighted by Gasteiger charge is 2.35. The Bertz CT molecular complexity index is 764. The van der Waals surface area contributed by atoms with Gasteiger partial charge in [0, 0.05) is 30.6 Å². The van der Waals surface area contributed by atoms with Gasteiger partial charge in [0.1, 0.15) is 11.5 Å². The van der Waals surface area contributed by atoms with Gasteiger partial charge in [0.05, 0.1) is 18.6 Å². The number of nitrogens with one attached hydrogen (secondary N) is 1. The van der Waals surface area contributed by atoms with E-state index in [1.54, 1.807) is 24.1 Å². The van der Waals surface area contributed by atoms with Crippen molar-refractivity contribution < 1.29 is 27.8 Å². The number of benzene rings is 1. The van der Waals surface area contributed by atoms with Gasteiger partial charge in [0.2, 0.25) is 0 Å². The zero-order chi connectivity index (χ0) is 21.0. The largest absolute Gasteiger partial charge is 0.507 e. The van der Waals surface area contributed by atoms with E-state index >= 15 is 0 Å². The van der Waals surface area contributed by atoms with Gasteiger partial charge in [0.15, 0.2) is 6.29 Å². The summed E-state index contributed by atoms with van der Waals surface area (Å²) in [5, 5.41) is 11.7. The van der Waals surface area contributed by atoms with Crippen LogP contribution in [0.3, 0.4) is 0 Å². The Balaban J connectivity index is 1.69. The Morgan fingerprint density at radius 1 is 1.31 bits per heavy atom. The van der Waals surface area contributed by atoms with E-state index in [0.717, 1.165) is 31.4 Å². The minimum absolute atomic E-state index is 0.0845. The number of carbonyl (C=O) groups excluding carboxylic acids is 1. The van der Waals surface area contributed by atoms with Crippen LogP contribution in [0.4, 0.5) is 13.2 Å². The Kier molecular flexibility index (Phi) is 6.72. The third-order valence-corrected chi connectivity index (χ3v) is 5.76. The van der Waals surface area contributed by atoms with E-state index in [4.69, 9.17) is 4.74 Å². The lowest BCUT2D eigenvalue weighted by Crippen LogP contribution is -2.39. The average Bonchev–Trinajstić information content (AvgIpc) is 3.15. The number of allylic oxidation sites excluding steroid dienone is 1. The predicted octanol–water partition coefficient (Wildman–Crippen LogP) is 4.35. The molecule has 1 fully saturated rings. The van der Waals surface area contributed by atoms with Crippen molar-refractivity contribution in [1.29, 1.82) is 0 Å². The summed E-state index contributed by atoms with van der Waals surface area (Å²) in [4.78, 5) is 11.4. The maximum absolute atomic E-state index is 12.7. The van der Waals surface area contributed by atoms with Gasteiger partial charge >= 0.3 is 6.18 Å². The molecule has 1 saturated carbocycles. The third kappa shape index (κ3) is 5.23. The number of nitrogens with zero attached hydrogens (tertiary/aromatic N) is 1. The number of ether oxygens (including phenoxy) is 1. The molecule has 29 heavy (non-hydrogen) atoms. The molecule has 2 aliphatic rings. The standard InChI is InChI=1S/C21H27F3N2O3/c1-14-6-7-19(17(12-27)20(14)28)29-13-15-4-2-3-5-16(15)18-8-10-25-26(18)11-9-21(22,23)24/h6-8,12,15-16,25,28H,2-5,9-11,13H2,1H3. The van der Waals surface area contributed by atoms with Gasteiger partial charge in [0.25, 0.3) is 0 Å². The second-order valence-electron chi connectivity index (χ2n) is 7.73. The van der Waals surface area contributed by atoms with Crippen LogP contribution >= 0.6 is 0 Å². The number of aryl methyl sites for hydroxylation is 1. The number of phenols is 1. The zero-order valence-electron chi connectivity index (χ0n) is 16.5. The van der Waals surface area contributed by atoms with Gasteiger partial charge in [-0.2, -0.15) is 13.2 Å². The quantitative estimate of drug-likeness (QED) is 0.652. The molecular formula is C21H27F3N2O3. The average molecular weight is 412 g/mol. The van der Waals surface area contributed by atoms with E-state index in [0.29, 0.717) is 30.8 Å². The van der Waals surface area contributed by atoms with Crippen LogP contribution in [-0.4, -0.2) is 42.3 Å². The molecule has 160 valence electrons. The molecular weight excluding hydrogens is 385 g/mol. The molecule has 0 saturated heterocycles. The number of alkyl halides is 3. The van der Waals surface area contributed by atoms with Gasteiger partial charge < -0.3 is 14.9 Å². The van der Waals surface area contributed by atoms with Crippen molar-refractivity contribution in [2.75, 3.05) is 19.7 Å². The first-order valence-corrected chi connectivity index (χ1v) is 9.98. The summed E-state index contributed by atoms with van der Waals surface area (Å²) in [6.07, 6.45) is 1.35. The first kappa shape index (κ1) is 21.5. The second-order valence-corrected chi connectivity index (χ2v) is 7.73. The molecule has 0 bridgehead atoms. The summed E-state index contributed by atoms with van der Waals surface area (Å²) in [6, 6.07) is 3.36. The number of carbonyl (C=O) groups is 1. The number of aldehydes is 1. The van der Waals surface area contributed by atoms with Gasteiger partial charge in [-0.3, -0.25) is 4.79 Å². The fourth-order valence-corrected chi connectivity index (χ4v) is 4.19. The molecule has 0 amide bonds. The van der Waals surface area contributed by atoms with Crippen LogP contribution in [-0.2, 0) is 0 Å². The summed E-state index contributed by atoms with van der Waals surface area (Å²) in [6.45, 7) is 2.47. The molecule has 2 N–H and O–H groups in total. The Morgan fingerprint density at radius 2 is 2.07 bits per heavy atom. The lowest BCUT2D eigenvalue weighted by Gasteiger charge is -2.36. The van der Waals surface area contributed by atoms with Crippen molar-refractivity contribution in [2.24, 2.45) is 11.8 Å². The lowest BCUT2D eigenvalue weighted by atomic mass is 9.77. The first-order chi connectivity index (χ1) is 13.8. The smallest absolute Gasteiger partial charge is 0.390 e. The van der Waals surface area contributed by atoms with Crippen LogP contribution in [0.1, 0.15) is 48.0 Å². The monoisotopic (exact) mass is 412 g/mol. The Hall–Kier alpha value is -2.22. The molecule has 1 heterocycles. The number of hydrazine groups is 1. The van der Waals surface area contributed by atoms with E-state index in [1.807, 2.05) is 6.08 Å². The Labute approximate surface area is 168 Å². The van der Waals surface area contributed by atoms with Gasteiger partial charge in [-0.1, -0.05) is 18.9 Å². The Morgan fingerprint density at radius 3 is 2.79 bits per heavy atom. The highest BCUT2D eigenvalue weighted by Crippen LogP contribution is 2.38. The SMILES string of the molecule is Cc1ccc(OCC2CCCCC2C2=CCNN2CCC(F)(F)F)c(C=O)c1O. The summed E-state index contributed by atoms with van der Waals surface area (Å²) < 4.78 is 43.9. The van der Waals surface area contributed by atoms with Gasteiger partial charge in [-0.15, -0.1) is 0 Å². The molecule has 0 aromatic heterocycles. The number of hydrogen-bond donors (Lipinski definition) is 2. The van der Waals surface area contributed by atoms with E-state index in [2.05, 4.69) is 5.43 Å². The molecule has 2 atom stereocenters. The molecule has 0 radical (unpaired) electrons. The zero-order valence-corrected chi connectivity index (χ0v) is 16.5. The van der Waals surface area contributed by atoms with Crippen molar-refractivity contribution in [2.45, 2.75) is 45.2 Å². The number of aromatic hydroxyl groups is 1. The van der Waals surface area contributed by atoms with E-state index < -0.39 is 12.6 Å². The predicted molar refractivity (Wildman–Crippen MR) is 103 cm³/mol. The van der Waals surface area contributed by atoms with Crippen molar-refractivity contribution in [3.63, 3.8) is 0 Å². The molecule has 1 aliphatic heterocycles.